The van der Waals surface area contributed by atoms with Gasteiger partial charge < -0.3 is 15.4 Å². The third-order valence-corrected chi connectivity index (χ3v) is 9.59. The molecule has 39 heavy (non-hydrogen) atoms. The van der Waals surface area contributed by atoms with Crippen LogP contribution in [0.4, 0.5) is 4.79 Å². The minimum absolute atomic E-state index is 0.00689. The van der Waals surface area contributed by atoms with Crippen molar-refractivity contribution in [1.82, 2.24) is 10.6 Å². The number of nitriles is 1. The van der Waals surface area contributed by atoms with E-state index in [1.165, 1.54) is 6.42 Å². The summed E-state index contributed by atoms with van der Waals surface area (Å²) < 4.78 is 5.67. The largest absolute Gasteiger partial charge is 0.449 e. The zero-order valence-electron chi connectivity index (χ0n) is 22.7. The fourth-order valence-corrected chi connectivity index (χ4v) is 6.83. The molecule has 4 fully saturated rings. The summed E-state index contributed by atoms with van der Waals surface area (Å²) in [7, 11) is 0. The zero-order valence-corrected chi connectivity index (χ0v) is 23.4. The van der Waals surface area contributed by atoms with Crippen LogP contribution in [0, 0.1) is 34.5 Å². The van der Waals surface area contributed by atoms with Crippen LogP contribution in [0.5, 0.6) is 0 Å². The quantitative estimate of drug-likeness (QED) is 0.336. The van der Waals surface area contributed by atoms with Crippen LogP contribution in [-0.4, -0.2) is 36.0 Å². The average molecular weight is 554 g/mol. The number of rotatable bonds is 12. The SMILES string of the molecule is N#C[C@@H](CC(=O)[C@H](CC1CCCCC1)NC(=O)OCC1(Cc2cccc(Cl)c2)CC1)CC1CC2(CC2)NC1=O. The molecule has 0 aromatic heterocycles. The van der Waals surface area contributed by atoms with Gasteiger partial charge in [-0.1, -0.05) is 55.8 Å². The van der Waals surface area contributed by atoms with E-state index >= 15 is 0 Å². The van der Waals surface area contributed by atoms with Crippen molar-refractivity contribution < 1.29 is 19.1 Å². The lowest BCUT2D eigenvalue weighted by molar-refractivity contribution is -0.124. The van der Waals surface area contributed by atoms with Crippen LogP contribution >= 0.6 is 11.6 Å². The number of carbonyl (C=O) groups excluding carboxylic acids is 3. The predicted molar refractivity (Wildman–Crippen MR) is 148 cm³/mol. The van der Waals surface area contributed by atoms with E-state index in [0.29, 0.717) is 30.4 Å². The Labute approximate surface area is 236 Å². The van der Waals surface area contributed by atoms with Crippen molar-refractivity contribution in [2.75, 3.05) is 6.61 Å². The lowest BCUT2D eigenvalue weighted by Crippen LogP contribution is -2.43. The molecule has 0 bridgehead atoms. The normalized spacial score (nSPS) is 24.3. The van der Waals surface area contributed by atoms with E-state index in [0.717, 1.165) is 69.8 Å². The Morgan fingerprint density at radius 2 is 1.92 bits per heavy atom. The van der Waals surface area contributed by atoms with Crippen LogP contribution in [-0.2, 0) is 20.7 Å². The zero-order chi connectivity index (χ0) is 27.5. The Kier molecular flexibility index (Phi) is 8.52. The second-order valence-electron chi connectivity index (χ2n) is 12.7. The third-order valence-electron chi connectivity index (χ3n) is 9.36. The molecule has 3 saturated carbocycles. The number of ketones is 1. The van der Waals surface area contributed by atoms with Crippen molar-refractivity contribution >= 4 is 29.4 Å². The molecule has 3 aliphatic carbocycles. The van der Waals surface area contributed by atoms with Crippen molar-refractivity contribution in [2.45, 2.75) is 101 Å². The van der Waals surface area contributed by atoms with Gasteiger partial charge in [0.1, 0.15) is 0 Å². The van der Waals surface area contributed by atoms with Crippen LogP contribution in [0.2, 0.25) is 5.02 Å². The molecule has 8 heteroatoms. The molecular weight excluding hydrogens is 514 g/mol. The number of Topliss-reactive ketones (excluding diaryl/α,β-unsaturated/α-hetero) is 1. The predicted octanol–water partition coefficient (Wildman–Crippen LogP) is 5.89. The second-order valence-corrected chi connectivity index (χ2v) is 13.2. The maximum Gasteiger partial charge on any atom is 0.407 e. The van der Waals surface area contributed by atoms with E-state index in [2.05, 4.69) is 16.7 Å². The van der Waals surface area contributed by atoms with Crippen LogP contribution in [0.25, 0.3) is 0 Å². The van der Waals surface area contributed by atoms with Gasteiger partial charge in [0.25, 0.3) is 0 Å². The molecular formula is C31H40ClN3O4. The van der Waals surface area contributed by atoms with Crippen LogP contribution in [0.3, 0.4) is 0 Å². The molecule has 1 saturated heterocycles. The van der Waals surface area contributed by atoms with Crippen LogP contribution < -0.4 is 10.6 Å². The van der Waals surface area contributed by atoms with E-state index in [9.17, 15) is 19.6 Å². The number of hydrogen-bond acceptors (Lipinski definition) is 5. The molecule has 5 rings (SSSR count). The fourth-order valence-electron chi connectivity index (χ4n) is 6.62. The molecule has 7 nitrogen and oxygen atoms in total. The summed E-state index contributed by atoms with van der Waals surface area (Å²) in [5, 5.41) is 16.5. The lowest BCUT2D eigenvalue weighted by atomic mass is 9.82. The van der Waals surface area contributed by atoms with Crippen molar-refractivity contribution in [1.29, 1.82) is 5.26 Å². The highest BCUT2D eigenvalue weighted by atomic mass is 35.5. The Bertz CT molecular complexity index is 1120. The van der Waals surface area contributed by atoms with Gasteiger partial charge in [0, 0.05) is 28.3 Å². The van der Waals surface area contributed by atoms with E-state index in [1.54, 1.807) is 0 Å². The van der Waals surface area contributed by atoms with Gasteiger partial charge in [-0.2, -0.15) is 5.26 Å². The topological polar surface area (TPSA) is 108 Å². The number of benzene rings is 1. The third kappa shape index (κ3) is 7.54. The first-order valence-electron chi connectivity index (χ1n) is 14.7. The average Bonchev–Trinajstić information content (AvgIpc) is 3.83. The summed E-state index contributed by atoms with van der Waals surface area (Å²) in [5.74, 6) is -0.507. The van der Waals surface area contributed by atoms with E-state index in [-0.39, 0.29) is 35.0 Å². The first kappa shape index (κ1) is 28.0. The van der Waals surface area contributed by atoms with Crippen molar-refractivity contribution in [3.05, 3.63) is 34.9 Å². The highest BCUT2D eigenvalue weighted by molar-refractivity contribution is 6.30. The van der Waals surface area contributed by atoms with Gasteiger partial charge in [0.15, 0.2) is 5.78 Å². The lowest BCUT2D eigenvalue weighted by Gasteiger charge is -2.27. The van der Waals surface area contributed by atoms with Gasteiger partial charge >= 0.3 is 6.09 Å². The molecule has 4 aliphatic rings. The van der Waals surface area contributed by atoms with Gasteiger partial charge in [-0.15, -0.1) is 0 Å². The number of amides is 2. The molecule has 1 spiro atoms. The van der Waals surface area contributed by atoms with E-state index < -0.39 is 18.1 Å². The first-order valence-corrected chi connectivity index (χ1v) is 15.1. The Hall–Kier alpha value is -2.59. The summed E-state index contributed by atoms with van der Waals surface area (Å²) >= 11 is 6.14. The highest BCUT2D eigenvalue weighted by Gasteiger charge is 2.52. The standard InChI is InChI=1S/C31H40ClN3O4/c32-25-8-4-7-22(14-25)17-30(9-10-30)20-39-29(38)34-26(15-21-5-2-1-3-6-21)27(36)16-23(19-33)13-24-18-31(11-12-31)35-28(24)37/h4,7-8,14,21,23-24,26H,1-3,5-6,9-13,15-18,20H2,(H,34,38)(H,35,37)/t23-,24?,26+/m1/s1. The minimum atomic E-state index is -0.674. The summed E-state index contributed by atoms with van der Waals surface area (Å²) in [6, 6.07) is 9.36. The highest BCUT2D eigenvalue weighted by Crippen LogP contribution is 2.49. The molecule has 0 radical (unpaired) electrons. The first-order chi connectivity index (χ1) is 18.8. The minimum Gasteiger partial charge on any atom is -0.449 e. The molecule has 210 valence electrons. The number of carbonyl (C=O) groups is 3. The van der Waals surface area contributed by atoms with Crippen LogP contribution in [0.15, 0.2) is 24.3 Å². The van der Waals surface area contributed by atoms with Crippen molar-refractivity contribution in [3.8, 4) is 6.07 Å². The van der Waals surface area contributed by atoms with Crippen LogP contribution in [0.1, 0.15) is 89.0 Å². The van der Waals surface area contributed by atoms with Crippen molar-refractivity contribution in [3.63, 3.8) is 0 Å². The maximum absolute atomic E-state index is 13.5. The summed E-state index contributed by atoms with van der Waals surface area (Å²) in [6.45, 7) is 0.301. The van der Waals surface area contributed by atoms with Gasteiger partial charge in [0.2, 0.25) is 5.91 Å². The van der Waals surface area contributed by atoms with Gasteiger partial charge in [-0.05, 0) is 75.0 Å². The van der Waals surface area contributed by atoms with Crippen molar-refractivity contribution in [2.24, 2.45) is 23.2 Å². The molecule has 3 atom stereocenters. The summed E-state index contributed by atoms with van der Waals surface area (Å²) in [5.41, 5.74) is 1.00. The molecule has 1 aromatic rings. The molecule has 1 heterocycles. The number of ether oxygens (including phenoxy) is 1. The van der Waals surface area contributed by atoms with Gasteiger partial charge in [0.05, 0.1) is 24.6 Å². The number of hydrogen-bond donors (Lipinski definition) is 2. The van der Waals surface area contributed by atoms with E-state index in [1.807, 2.05) is 24.3 Å². The smallest absolute Gasteiger partial charge is 0.407 e. The number of nitrogens with zero attached hydrogens (tertiary/aromatic N) is 1. The van der Waals surface area contributed by atoms with Gasteiger partial charge in [-0.25, -0.2) is 4.79 Å². The van der Waals surface area contributed by atoms with Gasteiger partial charge in [-0.3, -0.25) is 9.59 Å². The summed E-state index contributed by atoms with van der Waals surface area (Å²) in [4.78, 5) is 38.8. The molecule has 1 unspecified atom stereocenters. The second kappa shape index (κ2) is 11.9. The molecule has 2 amide bonds. The number of halogens is 1. The molecule has 2 N–H and O–H groups in total. The Morgan fingerprint density at radius 1 is 1.15 bits per heavy atom. The maximum atomic E-state index is 13.5. The number of nitrogens with one attached hydrogen (secondary N) is 2. The molecule has 1 aromatic carbocycles. The Morgan fingerprint density at radius 3 is 2.56 bits per heavy atom. The number of alkyl carbamates (subject to hydrolysis) is 1. The molecule has 1 aliphatic heterocycles. The monoisotopic (exact) mass is 553 g/mol. The summed E-state index contributed by atoms with van der Waals surface area (Å²) in [6.07, 6.45) is 11.6. The van der Waals surface area contributed by atoms with E-state index in [4.69, 9.17) is 16.3 Å². The Balaban J connectivity index is 1.16. The fraction of sp³-hybridized carbons (Fsp3) is 0.677.